The third-order valence-electron chi connectivity index (χ3n) is 3.06. The number of nitrogens with zero attached hydrogens (tertiary/aromatic N) is 1. The van der Waals surface area contributed by atoms with Crippen LogP contribution in [0.5, 0.6) is 0 Å². The zero-order valence-electron chi connectivity index (χ0n) is 12.4. The highest BCUT2D eigenvalue weighted by atomic mass is 28.3. The van der Waals surface area contributed by atoms with Crippen LogP contribution in [0, 0.1) is 11.5 Å². The lowest BCUT2D eigenvalue weighted by atomic mass is 10.2. The van der Waals surface area contributed by atoms with Crippen molar-refractivity contribution in [2.45, 2.75) is 32.7 Å². The maximum absolute atomic E-state index is 5.57. The largest absolute Gasteiger partial charge is 0.375 e. The van der Waals surface area contributed by atoms with E-state index in [0.29, 0.717) is 6.10 Å². The van der Waals surface area contributed by atoms with Gasteiger partial charge in [-0.25, -0.2) is 0 Å². The minimum absolute atomic E-state index is 0.320. The minimum Gasteiger partial charge on any atom is -0.375 e. The molecule has 1 fully saturated rings. The summed E-state index contributed by atoms with van der Waals surface area (Å²) in [4.78, 5) is 2.38. The van der Waals surface area contributed by atoms with Crippen LogP contribution in [0.25, 0.3) is 0 Å². The zero-order valence-corrected chi connectivity index (χ0v) is 13.4. The Morgan fingerprint density at radius 1 is 1.21 bits per heavy atom. The van der Waals surface area contributed by atoms with Crippen molar-refractivity contribution in [1.29, 1.82) is 0 Å². The SMILES string of the molecule is CC1CN(c2ccc(C#C[Si](C)(C)C)cc2)CCO1. The van der Waals surface area contributed by atoms with Gasteiger partial charge in [0.15, 0.2) is 0 Å². The van der Waals surface area contributed by atoms with Crippen molar-refractivity contribution in [1.82, 2.24) is 0 Å². The Morgan fingerprint density at radius 2 is 1.89 bits per heavy atom. The first-order chi connectivity index (χ1) is 8.94. The molecule has 1 aromatic rings. The van der Waals surface area contributed by atoms with E-state index >= 15 is 0 Å². The van der Waals surface area contributed by atoms with Gasteiger partial charge in [-0.3, -0.25) is 0 Å². The Morgan fingerprint density at radius 3 is 2.47 bits per heavy atom. The first-order valence-electron chi connectivity index (χ1n) is 6.94. The van der Waals surface area contributed by atoms with Gasteiger partial charge >= 0.3 is 0 Å². The standard InChI is InChI=1S/C16H23NOSi/c1-14-13-17(10-11-18-14)16-7-5-15(6-8-16)9-12-19(2,3)4/h5-8,14H,10-11,13H2,1-4H3. The van der Waals surface area contributed by atoms with Crippen LogP contribution in [0.15, 0.2) is 24.3 Å². The van der Waals surface area contributed by atoms with Gasteiger partial charge in [0.1, 0.15) is 8.07 Å². The lowest BCUT2D eigenvalue weighted by Gasteiger charge is -2.32. The number of anilines is 1. The normalized spacial score (nSPS) is 19.8. The number of hydrogen-bond acceptors (Lipinski definition) is 2. The number of benzene rings is 1. The Balaban J connectivity index is 2.07. The minimum atomic E-state index is -1.28. The summed E-state index contributed by atoms with van der Waals surface area (Å²) < 4.78 is 5.57. The molecular formula is C16H23NOSi. The molecule has 0 amide bonds. The Hall–Kier alpha value is -1.24. The molecule has 0 aliphatic carbocycles. The summed E-state index contributed by atoms with van der Waals surface area (Å²) in [6.07, 6.45) is 0.320. The second-order valence-electron chi connectivity index (χ2n) is 6.17. The van der Waals surface area contributed by atoms with E-state index in [1.54, 1.807) is 0 Å². The molecule has 1 aliphatic rings. The predicted octanol–water partition coefficient (Wildman–Crippen LogP) is 3.14. The van der Waals surface area contributed by atoms with Gasteiger partial charge in [-0.15, -0.1) is 5.54 Å². The first-order valence-corrected chi connectivity index (χ1v) is 10.4. The molecule has 1 saturated heterocycles. The number of hydrogen-bond donors (Lipinski definition) is 0. The average Bonchev–Trinajstić information content (AvgIpc) is 2.36. The second-order valence-corrected chi connectivity index (χ2v) is 10.9. The summed E-state index contributed by atoms with van der Waals surface area (Å²) in [7, 11) is -1.28. The number of rotatable bonds is 1. The van der Waals surface area contributed by atoms with Gasteiger partial charge in [-0.2, -0.15) is 0 Å². The van der Waals surface area contributed by atoms with Crippen LogP contribution in [0.4, 0.5) is 5.69 Å². The van der Waals surface area contributed by atoms with E-state index in [4.69, 9.17) is 4.74 Å². The number of ether oxygens (including phenoxy) is 1. The average molecular weight is 273 g/mol. The van der Waals surface area contributed by atoms with Crippen LogP contribution in [0.2, 0.25) is 19.6 Å². The second kappa shape index (κ2) is 5.81. The van der Waals surface area contributed by atoms with Crippen LogP contribution in [0.3, 0.4) is 0 Å². The van der Waals surface area contributed by atoms with E-state index in [0.717, 1.165) is 25.3 Å². The molecule has 102 valence electrons. The van der Waals surface area contributed by atoms with Crippen LogP contribution in [0.1, 0.15) is 12.5 Å². The third-order valence-corrected chi connectivity index (χ3v) is 3.93. The van der Waals surface area contributed by atoms with Crippen molar-refractivity contribution >= 4 is 13.8 Å². The summed E-state index contributed by atoms with van der Waals surface area (Å²) in [6, 6.07) is 8.60. The van der Waals surface area contributed by atoms with E-state index in [2.05, 4.69) is 67.2 Å². The molecule has 0 radical (unpaired) electrons. The highest BCUT2D eigenvalue weighted by Gasteiger charge is 2.16. The molecule has 3 heteroatoms. The molecule has 0 saturated carbocycles. The lowest BCUT2D eigenvalue weighted by Crippen LogP contribution is -2.41. The van der Waals surface area contributed by atoms with Crippen molar-refractivity contribution in [3.8, 4) is 11.5 Å². The summed E-state index contributed by atoms with van der Waals surface area (Å²) in [5, 5.41) is 0. The molecule has 1 heterocycles. The highest BCUT2D eigenvalue weighted by molar-refractivity contribution is 6.83. The van der Waals surface area contributed by atoms with Crippen molar-refractivity contribution in [3.63, 3.8) is 0 Å². The Labute approximate surface area is 117 Å². The Bertz CT molecular complexity index is 478. The molecule has 1 aromatic carbocycles. The fourth-order valence-corrected chi connectivity index (χ4v) is 2.59. The molecule has 0 spiro atoms. The molecule has 1 atom stereocenters. The van der Waals surface area contributed by atoms with E-state index < -0.39 is 8.07 Å². The topological polar surface area (TPSA) is 12.5 Å². The van der Waals surface area contributed by atoms with Crippen LogP contribution in [-0.4, -0.2) is 33.9 Å². The van der Waals surface area contributed by atoms with Crippen LogP contribution >= 0.6 is 0 Å². The maximum atomic E-state index is 5.57. The maximum Gasteiger partial charge on any atom is 0.129 e. The van der Waals surface area contributed by atoms with E-state index in [9.17, 15) is 0 Å². The van der Waals surface area contributed by atoms with E-state index in [1.807, 2.05) is 0 Å². The molecule has 19 heavy (non-hydrogen) atoms. The molecular weight excluding hydrogens is 250 g/mol. The molecule has 0 N–H and O–H groups in total. The fourth-order valence-electron chi connectivity index (χ4n) is 2.07. The predicted molar refractivity (Wildman–Crippen MR) is 84.3 cm³/mol. The lowest BCUT2D eigenvalue weighted by molar-refractivity contribution is 0.0532. The molecule has 0 bridgehead atoms. The first kappa shape index (κ1) is 14.2. The van der Waals surface area contributed by atoms with Gasteiger partial charge in [0, 0.05) is 24.3 Å². The highest BCUT2D eigenvalue weighted by Crippen LogP contribution is 2.18. The molecule has 1 aliphatic heterocycles. The van der Waals surface area contributed by atoms with Gasteiger partial charge in [0.25, 0.3) is 0 Å². The summed E-state index contributed by atoms with van der Waals surface area (Å²) >= 11 is 0. The van der Waals surface area contributed by atoms with Crippen molar-refractivity contribution < 1.29 is 4.74 Å². The smallest absolute Gasteiger partial charge is 0.129 e. The van der Waals surface area contributed by atoms with Crippen LogP contribution in [-0.2, 0) is 4.74 Å². The molecule has 1 unspecified atom stereocenters. The van der Waals surface area contributed by atoms with Gasteiger partial charge in [-0.05, 0) is 31.2 Å². The summed E-state index contributed by atoms with van der Waals surface area (Å²) in [6.45, 7) is 11.7. The molecule has 2 rings (SSSR count). The monoisotopic (exact) mass is 273 g/mol. The Kier molecular flexibility index (Phi) is 4.33. The summed E-state index contributed by atoms with van der Waals surface area (Å²) in [5.74, 6) is 3.29. The van der Waals surface area contributed by atoms with Gasteiger partial charge < -0.3 is 9.64 Å². The molecule has 2 nitrogen and oxygen atoms in total. The van der Waals surface area contributed by atoms with Crippen molar-refractivity contribution in [2.24, 2.45) is 0 Å². The van der Waals surface area contributed by atoms with Crippen LogP contribution < -0.4 is 4.90 Å². The third kappa shape index (κ3) is 4.41. The van der Waals surface area contributed by atoms with E-state index in [-0.39, 0.29) is 0 Å². The number of morpholine rings is 1. The molecule has 0 aromatic heterocycles. The van der Waals surface area contributed by atoms with Crippen molar-refractivity contribution in [2.75, 3.05) is 24.6 Å². The quantitative estimate of drug-likeness (QED) is 0.576. The van der Waals surface area contributed by atoms with Gasteiger partial charge in [0.05, 0.1) is 12.7 Å². The fraction of sp³-hybridized carbons (Fsp3) is 0.500. The summed E-state index contributed by atoms with van der Waals surface area (Å²) in [5.41, 5.74) is 5.79. The van der Waals surface area contributed by atoms with Gasteiger partial charge in [0.2, 0.25) is 0 Å². The van der Waals surface area contributed by atoms with Gasteiger partial charge in [-0.1, -0.05) is 25.6 Å². The van der Waals surface area contributed by atoms with E-state index in [1.165, 1.54) is 5.69 Å². The zero-order chi connectivity index (χ0) is 13.9. The van der Waals surface area contributed by atoms with Crippen molar-refractivity contribution in [3.05, 3.63) is 29.8 Å².